The van der Waals surface area contributed by atoms with Gasteiger partial charge in [-0.15, -0.1) is 0 Å². The second kappa shape index (κ2) is 5.67. The Balaban J connectivity index is 2.18. The molecule has 1 aliphatic rings. The summed E-state index contributed by atoms with van der Waals surface area (Å²) in [7, 11) is 0. The van der Waals surface area contributed by atoms with Gasteiger partial charge in [0.2, 0.25) is 5.91 Å². The molecule has 1 rings (SSSR count). The lowest BCUT2D eigenvalue weighted by atomic mass is 9.92. The fourth-order valence-corrected chi connectivity index (χ4v) is 2.28. The molecule has 0 aromatic rings. The Morgan fingerprint density at radius 1 is 1.50 bits per heavy atom. The molecule has 0 aromatic carbocycles. The summed E-state index contributed by atoms with van der Waals surface area (Å²) in [4.78, 5) is 11.6. The van der Waals surface area contributed by atoms with Crippen LogP contribution in [0.1, 0.15) is 53.4 Å². The zero-order valence-electron chi connectivity index (χ0n) is 11.1. The molecule has 3 nitrogen and oxygen atoms in total. The maximum Gasteiger partial charge on any atom is 0.234 e. The van der Waals surface area contributed by atoms with Crippen LogP contribution in [0.4, 0.5) is 0 Å². The molecule has 0 saturated heterocycles. The molecule has 2 N–H and O–H groups in total. The van der Waals surface area contributed by atoms with Gasteiger partial charge in [0.25, 0.3) is 0 Å². The third-order valence-electron chi connectivity index (χ3n) is 3.54. The highest BCUT2D eigenvalue weighted by molar-refractivity contribution is 5.78. The van der Waals surface area contributed by atoms with Crippen LogP contribution in [-0.4, -0.2) is 24.5 Å². The molecule has 0 spiro atoms. The Kier molecular flexibility index (Phi) is 4.78. The smallest absolute Gasteiger partial charge is 0.234 e. The zero-order valence-corrected chi connectivity index (χ0v) is 11.1. The minimum absolute atomic E-state index is 0.124. The van der Waals surface area contributed by atoms with E-state index in [1.807, 2.05) is 6.92 Å². The molecule has 2 unspecified atom stereocenters. The molecule has 2 atom stereocenters. The molecular formula is C13H26N2O. The fourth-order valence-electron chi connectivity index (χ4n) is 2.28. The molecule has 1 saturated carbocycles. The van der Waals surface area contributed by atoms with Crippen molar-refractivity contribution in [3.8, 4) is 0 Å². The molecule has 0 aliphatic heterocycles. The van der Waals surface area contributed by atoms with E-state index >= 15 is 0 Å². The van der Waals surface area contributed by atoms with Crippen molar-refractivity contribution < 1.29 is 4.79 Å². The van der Waals surface area contributed by atoms with Gasteiger partial charge in [-0.1, -0.05) is 20.8 Å². The molecule has 1 amide bonds. The Bertz CT molecular complexity index is 238. The molecule has 94 valence electrons. The maximum absolute atomic E-state index is 11.6. The third-order valence-corrected chi connectivity index (χ3v) is 3.54. The quantitative estimate of drug-likeness (QED) is 0.753. The van der Waals surface area contributed by atoms with Crippen LogP contribution in [0.5, 0.6) is 0 Å². The highest BCUT2D eigenvalue weighted by Gasteiger charge is 2.30. The summed E-state index contributed by atoms with van der Waals surface area (Å²) in [5.41, 5.74) is 0.449. The number of hydrogen-bond donors (Lipinski definition) is 2. The predicted octanol–water partition coefficient (Wildman–Crippen LogP) is 2.07. The van der Waals surface area contributed by atoms with Crippen molar-refractivity contribution in [2.45, 2.75) is 65.5 Å². The lowest BCUT2D eigenvalue weighted by molar-refractivity contribution is -0.121. The van der Waals surface area contributed by atoms with Gasteiger partial charge in [-0.3, -0.25) is 4.79 Å². The number of hydrogen-bond acceptors (Lipinski definition) is 2. The number of carbonyl (C=O) groups excluding carboxylic acids is 1. The van der Waals surface area contributed by atoms with E-state index in [1.54, 1.807) is 0 Å². The molecule has 3 heteroatoms. The lowest BCUT2D eigenvalue weighted by Gasteiger charge is -2.18. The molecule has 1 aliphatic carbocycles. The highest BCUT2D eigenvalue weighted by atomic mass is 16.1. The Morgan fingerprint density at radius 2 is 2.19 bits per heavy atom. The summed E-state index contributed by atoms with van der Waals surface area (Å²) < 4.78 is 0. The van der Waals surface area contributed by atoms with Crippen LogP contribution < -0.4 is 10.6 Å². The first-order valence-electron chi connectivity index (χ1n) is 6.45. The van der Waals surface area contributed by atoms with Gasteiger partial charge in [0.15, 0.2) is 0 Å². The van der Waals surface area contributed by atoms with Crippen LogP contribution in [0.3, 0.4) is 0 Å². The van der Waals surface area contributed by atoms with E-state index in [0.717, 1.165) is 6.42 Å². The van der Waals surface area contributed by atoms with E-state index in [2.05, 4.69) is 31.4 Å². The first-order valence-corrected chi connectivity index (χ1v) is 6.45. The molecule has 0 heterocycles. The van der Waals surface area contributed by atoms with Crippen molar-refractivity contribution in [1.82, 2.24) is 10.6 Å². The third kappa shape index (κ3) is 4.52. The SMILES string of the molecule is CCC(C)NC(=O)CNC1CCC(C)(C)C1. The molecule has 16 heavy (non-hydrogen) atoms. The minimum atomic E-state index is 0.124. The maximum atomic E-state index is 11.6. The van der Waals surface area contributed by atoms with E-state index in [-0.39, 0.29) is 11.9 Å². The van der Waals surface area contributed by atoms with Crippen LogP contribution in [0.15, 0.2) is 0 Å². The second-order valence-corrected chi connectivity index (χ2v) is 5.86. The van der Waals surface area contributed by atoms with Gasteiger partial charge in [-0.05, 0) is 38.0 Å². The van der Waals surface area contributed by atoms with Gasteiger partial charge in [0.1, 0.15) is 0 Å². The average Bonchev–Trinajstić information content (AvgIpc) is 2.55. The van der Waals surface area contributed by atoms with E-state index in [4.69, 9.17) is 0 Å². The van der Waals surface area contributed by atoms with E-state index in [1.165, 1.54) is 19.3 Å². The van der Waals surface area contributed by atoms with Gasteiger partial charge in [0, 0.05) is 12.1 Å². The van der Waals surface area contributed by atoms with Crippen molar-refractivity contribution >= 4 is 5.91 Å². The van der Waals surface area contributed by atoms with E-state index in [0.29, 0.717) is 18.0 Å². The zero-order chi connectivity index (χ0) is 12.2. The lowest BCUT2D eigenvalue weighted by Crippen LogP contribution is -2.41. The minimum Gasteiger partial charge on any atom is -0.353 e. The monoisotopic (exact) mass is 226 g/mol. The normalized spacial score (nSPS) is 25.4. The van der Waals surface area contributed by atoms with Gasteiger partial charge >= 0.3 is 0 Å². The Morgan fingerprint density at radius 3 is 2.69 bits per heavy atom. The summed E-state index contributed by atoms with van der Waals surface area (Å²) in [6, 6.07) is 0.812. The highest BCUT2D eigenvalue weighted by Crippen LogP contribution is 2.36. The summed E-state index contributed by atoms with van der Waals surface area (Å²) >= 11 is 0. The predicted molar refractivity (Wildman–Crippen MR) is 67.3 cm³/mol. The average molecular weight is 226 g/mol. The first-order chi connectivity index (χ1) is 7.43. The molecular weight excluding hydrogens is 200 g/mol. The summed E-state index contributed by atoms with van der Waals surface area (Å²) in [5, 5.41) is 6.33. The number of carbonyl (C=O) groups is 1. The van der Waals surface area contributed by atoms with Gasteiger partial charge < -0.3 is 10.6 Å². The van der Waals surface area contributed by atoms with Gasteiger partial charge in [0.05, 0.1) is 6.54 Å². The summed E-state index contributed by atoms with van der Waals surface area (Å²) in [6.45, 7) is 9.18. The molecule has 0 bridgehead atoms. The summed E-state index contributed by atoms with van der Waals surface area (Å²) in [6.07, 6.45) is 4.63. The topological polar surface area (TPSA) is 41.1 Å². The summed E-state index contributed by atoms with van der Waals surface area (Å²) in [5.74, 6) is 0.124. The number of amides is 1. The largest absolute Gasteiger partial charge is 0.353 e. The first kappa shape index (κ1) is 13.5. The molecule has 0 aromatic heterocycles. The van der Waals surface area contributed by atoms with Crippen molar-refractivity contribution in [2.24, 2.45) is 5.41 Å². The standard InChI is InChI=1S/C13H26N2O/c1-5-10(2)15-12(16)9-14-11-6-7-13(3,4)8-11/h10-11,14H,5-9H2,1-4H3,(H,15,16). The number of nitrogens with one attached hydrogen (secondary N) is 2. The van der Waals surface area contributed by atoms with Crippen LogP contribution in [-0.2, 0) is 4.79 Å². The van der Waals surface area contributed by atoms with Crippen molar-refractivity contribution in [1.29, 1.82) is 0 Å². The molecule has 0 radical (unpaired) electrons. The van der Waals surface area contributed by atoms with Crippen molar-refractivity contribution in [3.05, 3.63) is 0 Å². The van der Waals surface area contributed by atoms with Crippen molar-refractivity contribution in [2.75, 3.05) is 6.54 Å². The Hall–Kier alpha value is -0.570. The fraction of sp³-hybridized carbons (Fsp3) is 0.923. The van der Waals surface area contributed by atoms with Gasteiger partial charge in [-0.25, -0.2) is 0 Å². The van der Waals surface area contributed by atoms with Crippen molar-refractivity contribution in [3.63, 3.8) is 0 Å². The van der Waals surface area contributed by atoms with Gasteiger partial charge in [-0.2, -0.15) is 0 Å². The van der Waals surface area contributed by atoms with Crippen LogP contribution in [0, 0.1) is 5.41 Å². The van der Waals surface area contributed by atoms with Crippen LogP contribution >= 0.6 is 0 Å². The van der Waals surface area contributed by atoms with Crippen LogP contribution in [0.25, 0.3) is 0 Å². The van der Waals surface area contributed by atoms with Crippen LogP contribution in [0.2, 0.25) is 0 Å². The second-order valence-electron chi connectivity index (χ2n) is 5.86. The van der Waals surface area contributed by atoms with E-state index in [9.17, 15) is 4.79 Å². The number of rotatable bonds is 5. The Labute approximate surface area is 99.4 Å². The molecule has 1 fully saturated rings. The van der Waals surface area contributed by atoms with E-state index < -0.39 is 0 Å².